The van der Waals surface area contributed by atoms with Gasteiger partial charge in [-0.3, -0.25) is 4.79 Å². The van der Waals surface area contributed by atoms with E-state index in [0.717, 1.165) is 5.56 Å². The van der Waals surface area contributed by atoms with Gasteiger partial charge in [0.1, 0.15) is 0 Å². The van der Waals surface area contributed by atoms with Crippen molar-refractivity contribution in [1.29, 1.82) is 0 Å². The van der Waals surface area contributed by atoms with E-state index in [2.05, 4.69) is 0 Å². The highest BCUT2D eigenvalue weighted by Crippen LogP contribution is 2.35. The minimum Gasteiger partial charge on any atom is -0.481 e. The number of aliphatic carboxylic acids is 1. The van der Waals surface area contributed by atoms with Gasteiger partial charge in [-0.2, -0.15) is 0 Å². The number of carboxylic acid groups (broad SMARTS) is 1. The van der Waals surface area contributed by atoms with E-state index < -0.39 is 36.1 Å². The molecule has 5 nitrogen and oxygen atoms in total. The molecule has 0 aliphatic carbocycles. The van der Waals surface area contributed by atoms with Crippen molar-refractivity contribution in [2.45, 2.75) is 51.1 Å². The lowest BCUT2D eigenvalue weighted by Gasteiger charge is -2.28. The number of hydrogen-bond acceptors (Lipinski definition) is 4. The van der Waals surface area contributed by atoms with Gasteiger partial charge in [-0.05, 0) is 43.0 Å². The molecule has 0 aliphatic heterocycles. The summed E-state index contributed by atoms with van der Waals surface area (Å²) < 4.78 is 39.2. The Bertz CT molecular complexity index is 943. The quantitative estimate of drug-likeness (QED) is 0.238. The SMILES string of the molecule is CCOC(=O)/C=C/c1cccc(C(C)(CCC(F)(F)CCOCc2ccccc2)C(=O)O)c1. The minimum absolute atomic E-state index is 0.125. The molecule has 7 heteroatoms. The molecule has 0 saturated carbocycles. The van der Waals surface area contributed by atoms with Gasteiger partial charge in [0.2, 0.25) is 5.92 Å². The molecule has 0 aliphatic rings. The molecule has 33 heavy (non-hydrogen) atoms. The summed E-state index contributed by atoms with van der Waals surface area (Å²) >= 11 is 0. The lowest BCUT2D eigenvalue weighted by Crippen LogP contribution is -2.35. The molecule has 1 unspecified atom stereocenters. The molecule has 2 rings (SSSR count). The first-order chi connectivity index (χ1) is 15.7. The second kappa shape index (κ2) is 12.3. The third kappa shape index (κ3) is 8.42. The molecule has 178 valence electrons. The highest BCUT2D eigenvalue weighted by molar-refractivity contribution is 5.87. The number of alkyl halides is 2. The van der Waals surface area contributed by atoms with E-state index >= 15 is 0 Å². The van der Waals surface area contributed by atoms with Crippen LogP contribution in [0, 0.1) is 0 Å². The van der Waals surface area contributed by atoms with Gasteiger partial charge >= 0.3 is 11.9 Å². The van der Waals surface area contributed by atoms with Crippen LogP contribution < -0.4 is 0 Å². The highest BCUT2D eigenvalue weighted by atomic mass is 19.3. The molecule has 2 aromatic rings. The maximum Gasteiger partial charge on any atom is 0.330 e. The standard InChI is InChI=1S/C26H30F2O5/c1-3-33-23(29)13-12-20-10-7-11-22(18-20)25(2,24(30)31)14-15-26(27,28)16-17-32-19-21-8-5-4-6-9-21/h4-13,18H,3,14-17,19H2,1-2H3,(H,30,31)/b13-12+. The Morgan fingerprint density at radius 2 is 1.76 bits per heavy atom. The summed E-state index contributed by atoms with van der Waals surface area (Å²) in [6.45, 7) is 3.49. The van der Waals surface area contributed by atoms with Crippen LogP contribution in [0.4, 0.5) is 8.78 Å². The normalized spacial score (nSPS) is 13.6. The molecule has 0 spiro atoms. The molecule has 1 N–H and O–H groups in total. The molecular formula is C26H30F2O5. The van der Waals surface area contributed by atoms with Crippen LogP contribution in [-0.2, 0) is 31.1 Å². The van der Waals surface area contributed by atoms with E-state index in [1.165, 1.54) is 19.1 Å². The molecule has 0 fully saturated rings. The fraction of sp³-hybridized carbons (Fsp3) is 0.385. The maximum atomic E-state index is 14.5. The molecule has 0 bridgehead atoms. The van der Waals surface area contributed by atoms with Crippen LogP contribution in [0.5, 0.6) is 0 Å². The number of halogens is 2. The molecule has 1 atom stereocenters. The Morgan fingerprint density at radius 3 is 2.42 bits per heavy atom. The van der Waals surface area contributed by atoms with Crippen molar-refractivity contribution in [1.82, 2.24) is 0 Å². The average Bonchev–Trinajstić information content (AvgIpc) is 2.80. The van der Waals surface area contributed by atoms with E-state index in [1.54, 1.807) is 31.2 Å². The van der Waals surface area contributed by atoms with Crippen molar-refractivity contribution in [3.05, 3.63) is 77.4 Å². The second-order valence-corrected chi connectivity index (χ2v) is 7.99. The topological polar surface area (TPSA) is 72.8 Å². The van der Waals surface area contributed by atoms with Crippen LogP contribution in [0.3, 0.4) is 0 Å². The van der Waals surface area contributed by atoms with Crippen LogP contribution >= 0.6 is 0 Å². The van der Waals surface area contributed by atoms with Gasteiger partial charge in [0, 0.05) is 18.9 Å². The summed E-state index contributed by atoms with van der Waals surface area (Å²) in [5, 5.41) is 9.84. The first-order valence-electron chi connectivity index (χ1n) is 10.8. The van der Waals surface area contributed by atoms with Gasteiger partial charge in [-0.25, -0.2) is 13.6 Å². The Labute approximate surface area is 193 Å². The second-order valence-electron chi connectivity index (χ2n) is 7.99. The minimum atomic E-state index is -3.06. The average molecular weight is 461 g/mol. The summed E-state index contributed by atoms with van der Waals surface area (Å²) in [6.07, 6.45) is 1.41. The number of benzene rings is 2. The predicted molar refractivity (Wildman–Crippen MR) is 122 cm³/mol. The van der Waals surface area contributed by atoms with E-state index in [1.807, 2.05) is 30.3 Å². The first-order valence-corrected chi connectivity index (χ1v) is 10.8. The summed E-state index contributed by atoms with van der Waals surface area (Å²) in [5.41, 5.74) is 0.352. The highest BCUT2D eigenvalue weighted by Gasteiger charge is 2.39. The van der Waals surface area contributed by atoms with Crippen molar-refractivity contribution in [2.24, 2.45) is 0 Å². The van der Waals surface area contributed by atoms with Gasteiger partial charge in [0.15, 0.2) is 0 Å². The number of rotatable bonds is 13. The third-order valence-electron chi connectivity index (χ3n) is 5.41. The van der Waals surface area contributed by atoms with Crippen LogP contribution in [0.2, 0.25) is 0 Å². The molecular weight excluding hydrogens is 430 g/mol. The zero-order valence-electron chi connectivity index (χ0n) is 18.9. The molecule has 0 radical (unpaired) electrons. The lowest BCUT2D eigenvalue weighted by molar-refractivity contribution is -0.144. The van der Waals surface area contributed by atoms with Gasteiger partial charge in [0.25, 0.3) is 0 Å². The summed E-state index contributed by atoms with van der Waals surface area (Å²) in [5.74, 6) is -4.77. The van der Waals surface area contributed by atoms with Crippen molar-refractivity contribution in [3.8, 4) is 0 Å². The monoisotopic (exact) mass is 460 g/mol. The van der Waals surface area contributed by atoms with E-state index in [-0.39, 0.29) is 26.2 Å². The zero-order chi connectivity index (χ0) is 24.3. The third-order valence-corrected chi connectivity index (χ3v) is 5.41. The Kier molecular flexibility index (Phi) is 9.73. The number of carbonyl (C=O) groups excluding carboxylic acids is 1. The summed E-state index contributed by atoms with van der Waals surface area (Å²) in [4.78, 5) is 23.6. The van der Waals surface area contributed by atoms with Crippen LogP contribution in [0.15, 0.2) is 60.7 Å². The van der Waals surface area contributed by atoms with Gasteiger partial charge in [0.05, 0.1) is 25.2 Å². The lowest BCUT2D eigenvalue weighted by atomic mass is 9.77. The number of ether oxygens (including phenoxy) is 2. The number of esters is 1. The Morgan fingerprint density at radius 1 is 1.03 bits per heavy atom. The summed E-state index contributed by atoms with van der Waals surface area (Å²) in [7, 11) is 0. The summed E-state index contributed by atoms with van der Waals surface area (Å²) in [6, 6.07) is 15.8. The molecule has 2 aromatic carbocycles. The molecule has 0 saturated heterocycles. The maximum absolute atomic E-state index is 14.5. The molecule has 0 heterocycles. The van der Waals surface area contributed by atoms with Crippen molar-refractivity contribution < 1.29 is 33.0 Å². The van der Waals surface area contributed by atoms with Crippen LogP contribution in [0.25, 0.3) is 6.08 Å². The predicted octanol–water partition coefficient (Wildman–Crippen LogP) is 5.63. The Hall–Kier alpha value is -3.06. The number of carbonyl (C=O) groups is 2. The van der Waals surface area contributed by atoms with E-state index in [9.17, 15) is 23.5 Å². The molecule has 0 aromatic heterocycles. The first kappa shape index (κ1) is 26.2. The van der Waals surface area contributed by atoms with E-state index in [4.69, 9.17) is 9.47 Å². The van der Waals surface area contributed by atoms with Crippen LogP contribution in [-0.4, -0.2) is 36.2 Å². The largest absolute Gasteiger partial charge is 0.481 e. The van der Waals surface area contributed by atoms with Gasteiger partial charge < -0.3 is 14.6 Å². The Balaban J connectivity index is 1.99. The smallest absolute Gasteiger partial charge is 0.330 e. The van der Waals surface area contributed by atoms with Gasteiger partial charge in [-0.15, -0.1) is 0 Å². The van der Waals surface area contributed by atoms with Gasteiger partial charge in [-0.1, -0.05) is 54.6 Å². The number of carboxylic acids is 1. The van der Waals surface area contributed by atoms with Crippen molar-refractivity contribution in [3.63, 3.8) is 0 Å². The number of hydrogen-bond donors (Lipinski definition) is 1. The molecule has 0 amide bonds. The fourth-order valence-corrected chi connectivity index (χ4v) is 3.26. The fourth-order valence-electron chi connectivity index (χ4n) is 3.26. The van der Waals surface area contributed by atoms with E-state index in [0.29, 0.717) is 11.1 Å². The zero-order valence-corrected chi connectivity index (χ0v) is 18.9. The van der Waals surface area contributed by atoms with Crippen LogP contribution in [0.1, 0.15) is 49.8 Å². The van der Waals surface area contributed by atoms with Crippen molar-refractivity contribution >= 4 is 18.0 Å². The van der Waals surface area contributed by atoms with Crippen molar-refractivity contribution in [2.75, 3.05) is 13.2 Å².